The number of nitrogens with zero attached hydrogens (tertiary/aromatic N) is 3. The Morgan fingerprint density at radius 3 is 3.05 bits per heavy atom. The van der Waals surface area contributed by atoms with Crippen molar-refractivity contribution in [2.24, 2.45) is 17.6 Å². The summed E-state index contributed by atoms with van der Waals surface area (Å²) in [5, 5.41) is 1.20. The van der Waals surface area contributed by atoms with Gasteiger partial charge < -0.3 is 15.6 Å². The van der Waals surface area contributed by atoms with E-state index in [4.69, 9.17) is 5.73 Å². The highest BCUT2D eigenvalue weighted by molar-refractivity contribution is 5.90. The Bertz CT molecular complexity index is 634. The van der Waals surface area contributed by atoms with Gasteiger partial charge in [0.05, 0.1) is 5.39 Å². The Morgan fingerprint density at radius 2 is 2.25 bits per heavy atom. The van der Waals surface area contributed by atoms with Crippen LogP contribution in [0.4, 0.5) is 5.82 Å². The van der Waals surface area contributed by atoms with E-state index < -0.39 is 0 Å². The van der Waals surface area contributed by atoms with E-state index >= 15 is 0 Å². The quantitative estimate of drug-likeness (QED) is 0.872. The first kappa shape index (κ1) is 12.1. The molecule has 0 bridgehead atoms. The van der Waals surface area contributed by atoms with Crippen LogP contribution < -0.4 is 10.6 Å². The molecule has 5 heteroatoms. The summed E-state index contributed by atoms with van der Waals surface area (Å²) in [5.41, 5.74) is 8.50. The maximum Gasteiger partial charge on any atom is 0.143 e. The molecule has 3 N–H and O–H groups in total. The molecule has 3 unspecified atom stereocenters. The minimum absolute atomic E-state index is 0.374. The van der Waals surface area contributed by atoms with E-state index in [-0.39, 0.29) is 0 Å². The fraction of sp³-hybridized carbons (Fsp3) is 0.600. The van der Waals surface area contributed by atoms with Gasteiger partial charge in [-0.3, -0.25) is 0 Å². The third kappa shape index (κ3) is 1.66. The van der Waals surface area contributed by atoms with E-state index in [2.05, 4.69) is 33.0 Å². The molecule has 0 aromatic carbocycles. The molecule has 106 valence electrons. The van der Waals surface area contributed by atoms with Crippen LogP contribution in [-0.4, -0.2) is 34.1 Å². The van der Waals surface area contributed by atoms with Gasteiger partial charge in [0.25, 0.3) is 0 Å². The summed E-state index contributed by atoms with van der Waals surface area (Å²) in [6, 6.07) is 0.374. The molecule has 2 aromatic heterocycles. The van der Waals surface area contributed by atoms with Gasteiger partial charge >= 0.3 is 0 Å². The van der Waals surface area contributed by atoms with Crippen molar-refractivity contribution in [3.8, 4) is 0 Å². The fourth-order valence-corrected chi connectivity index (χ4v) is 4.01. The van der Waals surface area contributed by atoms with Crippen molar-refractivity contribution in [3.05, 3.63) is 18.1 Å². The number of aromatic nitrogens is 3. The molecule has 1 saturated carbocycles. The van der Waals surface area contributed by atoms with E-state index in [1.54, 1.807) is 6.33 Å². The molecule has 2 aliphatic rings. The molecule has 4 rings (SSSR count). The molecular formula is C15H21N5. The summed E-state index contributed by atoms with van der Waals surface area (Å²) in [6.07, 6.45) is 7.19. The predicted octanol–water partition coefficient (Wildman–Crippen LogP) is 1.69. The summed E-state index contributed by atoms with van der Waals surface area (Å²) < 4.78 is 0. The minimum atomic E-state index is 0.374. The number of rotatable bonds is 2. The smallest absolute Gasteiger partial charge is 0.143 e. The summed E-state index contributed by atoms with van der Waals surface area (Å²) in [6.45, 7) is 4.32. The van der Waals surface area contributed by atoms with E-state index in [0.29, 0.717) is 12.0 Å². The highest BCUT2D eigenvalue weighted by Crippen LogP contribution is 2.40. The summed E-state index contributed by atoms with van der Waals surface area (Å²) in [7, 11) is 0. The monoisotopic (exact) mass is 271 g/mol. The molecule has 0 radical (unpaired) electrons. The fourth-order valence-electron chi connectivity index (χ4n) is 4.01. The Labute approximate surface area is 118 Å². The van der Waals surface area contributed by atoms with Crippen LogP contribution in [0.15, 0.2) is 12.5 Å². The molecular weight excluding hydrogens is 250 g/mol. The predicted molar refractivity (Wildman–Crippen MR) is 79.7 cm³/mol. The molecule has 1 saturated heterocycles. The van der Waals surface area contributed by atoms with Crippen molar-refractivity contribution in [2.75, 3.05) is 18.0 Å². The molecule has 2 fully saturated rings. The van der Waals surface area contributed by atoms with Crippen LogP contribution in [0.1, 0.15) is 25.3 Å². The first-order chi connectivity index (χ1) is 9.78. The van der Waals surface area contributed by atoms with E-state index in [0.717, 1.165) is 36.9 Å². The van der Waals surface area contributed by atoms with Gasteiger partial charge in [0.1, 0.15) is 17.8 Å². The number of anilines is 1. The number of hydrogen-bond donors (Lipinski definition) is 2. The summed E-state index contributed by atoms with van der Waals surface area (Å²) >= 11 is 0. The van der Waals surface area contributed by atoms with Gasteiger partial charge in [-0.05, 0) is 36.7 Å². The van der Waals surface area contributed by atoms with Crippen LogP contribution in [0.2, 0.25) is 0 Å². The van der Waals surface area contributed by atoms with Gasteiger partial charge in [0.2, 0.25) is 0 Å². The van der Waals surface area contributed by atoms with Gasteiger partial charge in [-0.25, -0.2) is 9.97 Å². The van der Waals surface area contributed by atoms with E-state index in [1.165, 1.54) is 23.8 Å². The number of nitrogens with one attached hydrogen (secondary N) is 1. The summed E-state index contributed by atoms with van der Waals surface area (Å²) in [4.78, 5) is 14.6. The third-order valence-corrected chi connectivity index (χ3v) is 5.12. The average molecular weight is 271 g/mol. The van der Waals surface area contributed by atoms with Crippen LogP contribution >= 0.6 is 0 Å². The first-order valence-corrected chi connectivity index (χ1v) is 7.59. The molecule has 5 nitrogen and oxygen atoms in total. The molecule has 0 spiro atoms. The molecule has 0 amide bonds. The van der Waals surface area contributed by atoms with Crippen molar-refractivity contribution in [3.63, 3.8) is 0 Å². The number of aryl methyl sites for hydroxylation is 1. The van der Waals surface area contributed by atoms with Crippen molar-refractivity contribution < 1.29 is 0 Å². The van der Waals surface area contributed by atoms with Gasteiger partial charge in [0.15, 0.2) is 0 Å². The van der Waals surface area contributed by atoms with Crippen LogP contribution in [0.5, 0.6) is 0 Å². The number of nitrogens with two attached hydrogens (primary N) is 1. The maximum absolute atomic E-state index is 6.24. The van der Waals surface area contributed by atoms with E-state index in [9.17, 15) is 0 Å². The van der Waals surface area contributed by atoms with Crippen molar-refractivity contribution in [1.82, 2.24) is 15.0 Å². The largest absolute Gasteiger partial charge is 0.355 e. The van der Waals surface area contributed by atoms with Gasteiger partial charge in [0, 0.05) is 25.3 Å². The van der Waals surface area contributed by atoms with Crippen molar-refractivity contribution in [2.45, 2.75) is 32.2 Å². The van der Waals surface area contributed by atoms with Gasteiger partial charge in [-0.15, -0.1) is 0 Å². The molecule has 3 heterocycles. The zero-order chi connectivity index (χ0) is 13.7. The highest BCUT2D eigenvalue weighted by Gasteiger charge is 2.41. The summed E-state index contributed by atoms with van der Waals surface area (Å²) in [5.74, 6) is 2.48. The lowest BCUT2D eigenvalue weighted by atomic mass is 9.98. The van der Waals surface area contributed by atoms with Crippen LogP contribution in [0, 0.1) is 11.8 Å². The zero-order valence-corrected chi connectivity index (χ0v) is 11.8. The Morgan fingerprint density at radius 1 is 1.35 bits per heavy atom. The second kappa shape index (κ2) is 4.45. The molecule has 1 aliphatic heterocycles. The Kier molecular flexibility index (Phi) is 2.70. The normalized spacial score (nSPS) is 29.3. The first-order valence-electron chi connectivity index (χ1n) is 7.59. The topological polar surface area (TPSA) is 70.8 Å². The maximum atomic E-state index is 6.24. The third-order valence-electron chi connectivity index (χ3n) is 5.12. The second-order valence-corrected chi connectivity index (χ2v) is 6.16. The standard InChI is InChI=1S/C15H21N5/c1-2-9-5-17-14-13(9)15(19-8-18-14)20-6-10-3-4-12(16)11(10)7-20/h5,8,10-12H,2-4,6-7,16H2,1H3,(H,17,18,19). The van der Waals surface area contributed by atoms with Gasteiger partial charge in [-0.2, -0.15) is 0 Å². The van der Waals surface area contributed by atoms with Crippen molar-refractivity contribution >= 4 is 16.9 Å². The average Bonchev–Trinajstić information content (AvgIpc) is 3.14. The molecule has 2 aromatic rings. The van der Waals surface area contributed by atoms with E-state index in [1.807, 2.05) is 0 Å². The number of aromatic amines is 1. The second-order valence-electron chi connectivity index (χ2n) is 6.16. The Hall–Kier alpha value is -1.62. The molecule has 20 heavy (non-hydrogen) atoms. The molecule has 3 atom stereocenters. The lowest BCUT2D eigenvalue weighted by Gasteiger charge is -2.20. The Balaban J connectivity index is 1.74. The molecule has 1 aliphatic carbocycles. The number of fused-ring (bicyclic) bond motifs is 2. The van der Waals surface area contributed by atoms with Crippen LogP contribution in [-0.2, 0) is 6.42 Å². The number of H-pyrrole nitrogens is 1. The van der Waals surface area contributed by atoms with Gasteiger partial charge in [-0.1, -0.05) is 6.92 Å². The van der Waals surface area contributed by atoms with Crippen LogP contribution in [0.25, 0.3) is 11.0 Å². The lowest BCUT2D eigenvalue weighted by molar-refractivity contribution is 0.453. The zero-order valence-electron chi connectivity index (χ0n) is 11.8. The SMILES string of the molecule is CCc1c[nH]c2ncnc(N3CC4CCC(N)C4C3)c12. The number of hydrogen-bond acceptors (Lipinski definition) is 4. The van der Waals surface area contributed by atoms with Crippen molar-refractivity contribution in [1.29, 1.82) is 0 Å². The highest BCUT2D eigenvalue weighted by atomic mass is 15.2. The van der Waals surface area contributed by atoms with Crippen LogP contribution in [0.3, 0.4) is 0 Å². The lowest BCUT2D eigenvalue weighted by Crippen LogP contribution is -2.30. The minimum Gasteiger partial charge on any atom is -0.355 e.